The van der Waals surface area contributed by atoms with Crippen LogP contribution in [0, 0.1) is 17.8 Å². The maximum absolute atomic E-state index is 14.1. The Labute approximate surface area is 275 Å². The molecular weight excluding hydrogens is 632 g/mol. The standard InChI is InChI=1S/C37H45BrN2O5/c1-3-7-24(18-26-19-28(38)11-12-32(26)41)10-13-33-34-27(22-44-2)20-30-35(31(34)23-45-33)37(43)40(36(30)42)29-14-16-39(17-15-29)21-25-8-5-4-6-9-25/h4-6,8-9,11-12,18-19,29-31,33,35,41H,3,7,10,13-17,20-23H2,1-2H3/b24-18+/t30-,31+,33-,35-/m1/s1. The smallest absolute Gasteiger partial charge is 0.234 e. The lowest BCUT2D eigenvalue weighted by Gasteiger charge is -2.36. The van der Waals surface area contributed by atoms with E-state index in [9.17, 15) is 14.7 Å². The first-order valence-electron chi connectivity index (χ1n) is 16.5. The summed E-state index contributed by atoms with van der Waals surface area (Å²) in [4.78, 5) is 32.1. The Balaban J connectivity index is 1.15. The van der Waals surface area contributed by atoms with Crippen molar-refractivity contribution in [1.82, 2.24) is 9.80 Å². The molecule has 0 unspecified atom stereocenters. The van der Waals surface area contributed by atoms with Crippen molar-refractivity contribution in [2.75, 3.05) is 33.4 Å². The number of rotatable bonds is 11. The lowest BCUT2D eigenvalue weighted by atomic mass is 9.69. The van der Waals surface area contributed by atoms with Crippen molar-refractivity contribution < 1.29 is 24.2 Å². The number of hydrogen-bond acceptors (Lipinski definition) is 6. The zero-order valence-corrected chi connectivity index (χ0v) is 28.0. The molecule has 0 aromatic heterocycles. The largest absolute Gasteiger partial charge is 0.507 e. The number of piperidine rings is 1. The minimum absolute atomic E-state index is 0.00427. The van der Waals surface area contributed by atoms with Crippen molar-refractivity contribution in [1.29, 1.82) is 0 Å². The number of carbonyl (C=O) groups is 2. The fourth-order valence-corrected chi connectivity index (χ4v) is 8.49. The number of carbonyl (C=O) groups excluding carboxylic acids is 2. The normalized spacial score (nSPS) is 26.1. The average Bonchev–Trinajstić information content (AvgIpc) is 3.57. The lowest BCUT2D eigenvalue weighted by molar-refractivity contribution is -0.144. The Kier molecular flexibility index (Phi) is 10.2. The second-order valence-corrected chi connectivity index (χ2v) is 14.0. The van der Waals surface area contributed by atoms with Gasteiger partial charge in [0.25, 0.3) is 0 Å². The first kappa shape index (κ1) is 32.2. The topological polar surface area (TPSA) is 79.3 Å². The number of ether oxygens (including phenoxy) is 2. The van der Waals surface area contributed by atoms with Gasteiger partial charge in [-0.2, -0.15) is 0 Å². The van der Waals surface area contributed by atoms with Crippen molar-refractivity contribution in [2.24, 2.45) is 17.8 Å². The Morgan fingerprint density at radius 1 is 1.07 bits per heavy atom. The number of methoxy groups -OCH3 is 1. The van der Waals surface area contributed by atoms with E-state index in [1.165, 1.54) is 16.7 Å². The van der Waals surface area contributed by atoms with E-state index in [1.807, 2.05) is 18.2 Å². The fourth-order valence-electron chi connectivity index (χ4n) is 8.11. The van der Waals surface area contributed by atoms with E-state index in [0.717, 1.165) is 73.8 Å². The van der Waals surface area contributed by atoms with Gasteiger partial charge in [-0.05, 0) is 73.4 Å². The van der Waals surface area contributed by atoms with Crippen molar-refractivity contribution in [3.8, 4) is 5.75 Å². The van der Waals surface area contributed by atoms with E-state index in [1.54, 1.807) is 18.1 Å². The molecule has 8 heteroatoms. The summed E-state index contributed by atoms with van der Waals surface area (Å²) in [6.07, 6.45) is 7.77. The number of amides is 2. The molecule has 0 saturated carbocycles. The molecule has 2 amide bonds. The van der Waals surface area contributed by atoms with Crippen LogP contribution in [-0.4, -0.2) is 72.3 Å². The van der Waals surface area contributed by atoms with Crippen molar-refractivity contribution in [3.05, 3.63) is 80.8 Å². The van der Waals surface area contributed by atoms with Crippen LogP contribution >= 0.6 is 15.9 Å². The first-order chi connectivity index (χ1) is 21.9. The molecule has 2 aromatic carbocycles. The molecule has 3 fully saturated rings. The summed E-state index contributed by atoms with van der Waals surface area (Å²) in [6.45, 7) is 5.75. The first-order valence-corrected chi connectivity index (χ1v) is 17.3. The minimum atomic E-state index is -0.343. The number of nitrogens with zero attached hydrogens (tertiary/aromatic N) is 2. The monoisotopic (exact) mass is 676 g/mol. The third-order valence-electron chi connectivity index (χ3n) is 10.2. The third-order valence-corrected chi connectivity index (χ3v) is 10.7. The summed E-state index contributed by atoms with van der Waals surface area (Å²) >= 11 is 3.52. The summed E-state index contributed by atoms with van der Waals surface area (Å²) in [5.74, 6) is -0.466. The second-order valence-electron chi connectivity index (χ2n) is 13.1. The molecule has 2 aromatic rings. The number of fused-ring (bicyclic) bond motifs is 3. The Morgan fingerprint density at radius 3 is 2.58 bits per heavy atom. The molecule has 4 aliphatic rings. The van der Waals surface area contributed by atoms with Gasteiger partial charge in [-0.15, -0.1) is 0 Å². The number of imide groups is 1. The van der Waals surface area contributed by atoms with Crippen molar-refractivity contribution in [3.63, 3.8) is 0 Å². The molecule has 0 radical (unpaired) electrons. The molecule has 3 aliphatic heterocycles. The van der Waals surface area contributed by atoms with Gasteiger partial charge in [0.15, 0.2) is 0 Å². The molecule has 45 heavy (non-hydrogen) atoms. The quantitative estimate of drug-likeness (QED) is 0.210. The molecule has 3 saturated heterocycles. The fraction of sp³-hybridized carbons (Fsp3) is 0.514. The van der Waals surface area contributed by atoms with Crippen molar-refractivity contribution >= 4 is 33.8 Å². The highest BCUT2D eigenvalue weighted by molar-refractivity contribution is 9.10. The number of allylic oxidation sites excluding steroid dienone is 1. The molecule has 6 rings (SSSR count). The SMILES string of the molecule is CCC/C(=C\c1cc(Br)ccc1O)CC[C@H]1OC[C@H]2C1=C(COC)C[C@H]1C(=O)N(C3CCN(Cc4ccccc4)CC3)C(=O)[C@H]12. The summed E-state index contributed by atoms with van der Waals surface area (Å²) in [6, 6.07) is 15.9. The number of hydrogen-bond donors (Lipinski definition) is 1. The molecule has 3 heterocycles. The van der Waals surface area contributed by atoms with Gasteiger partial charge < -0.3 is 14.6 Å². The van der Waals surface area contributed by atoms with Crippen LogP contribution < -0.4 is 0 Å². The van der Waals surface area contributed by atoms with E-state index < -0.39 is 0 Å². The Hall–Kier alpha value is -2.78. The van der Waals surface area contributed by atoms with Gasteiger partial charge in [0, 0.05) is 48.7 Å². The molecule has 1 N–H and O–H groups in total. The van der Waals surface area contributed by atoms with E-state index in [0.29, 0.717) is 19.6 Å². The summed E-state index contributed by atoms with van der Waals surface area (Å²) < 4.78 is 13.0. The highest BCUT2D eigenvalue weighted by Gasteiger charge is 2.58. The van der Waals surface area contributed by atoms with Crippen LogP contribution in [0.2, 0.25) is 0 Å². The summed E-state index contributed by atoms with van der Waals surface area (Å²) in [5.41, 5.74) is 5.69. The molecule has 0 spiro atoms. The number of phenolic OH excluding ortho intramolecular Hbond substituents is 1. The number of halogens is 1. The van der Waals surface area contributed by atoms with Gasteiger partial charge in [-0.3, -0.25) is 19.4 Å². The summed E-state index contributed by atoms with van der Waals surface area (Å²) in [5, 5.41) is 10.4. The number of likely N-dealkylation sites (tertiary alicyclic amines) is 2. The van der Waals surface area contributed by atoms with Gasteiger partial charge in [-0.25, -0.2) is 0 Å². The number of benzene rings is 2. The third kappa shape index (κ3) is 6.85. The molecule has 7 nitrogen and oxygen atoms in total. The average molecular weight is 678 g/mol. The van der Waals surface area contributed by atoms with Gasteiger partial charge >= 0.3 is 0 Å². The molecular formula is C37H45BrN2O5. The van der Waals surface area contributed by atoms with E-state index >= 15 is 0 Å². The van der Waals surface area contributed by atoms with Crippen LogP contribution in [0.15, 0.2) is 69.7 Å². The maximum atomic E-state index is 14.1. The molecule has 4 atom stereocenters. The van der Waals surface area contributed by atoms with Crippen molar-refractivity contribution in [2.45, 2.75) is 70.6 Å². The highest BCUT2D eigenvalue weighted by Crippen LogP contribution is 2.50. The number of phenols is 1. The van der Waals surface area contributed by atoms with Gasteiger partial charge in [0.2, 0.25) is 11.8 Å². The minimum Gasteiger partial charge on any atom is -0.507 e. The van der Waals surface area contributed by atoms with Crippen LogP contribution in [0.4, 0.5) is 0 Å². The van der Waals surface area contributed by atoms with Gasteiger partial charge in [0.05, 0.1) is 31.2 Å². The lowest BCUT2D eigenvalue weighted by Crippen LogP contribution is -2.47. The second kappa shape index (κ2) is 14.3. The van der Waals surface area contributed by atoms with E-state index in [2.05, 4.69) is 58.1 Å². The Bertz CT molecular complexity index is 1450. The van der Waals surface area contributed by atoms with Crippen LogP contribution in [0.5, 0.6) is 5.75 Å². The van der Waals surface area contributed by atoms with Crippen LogP contribution in [0.1, 0.15) is 63.0 Å². The predicted molar refractivity (Wildman–Crippen MR) is 178 cm³/mol. The van der Waals surface area contributed by atoms with Gasteiger partial charge in [-0.1, -0.05) is 71.3 Å². The van der Waals surface area contributed by atoms with E-state index in [-0.39, 0.29) is 47.5 Å². The predicted octanol–water partition coefficient (Wildman–Crippen LogP) is 6.75. The number of aromatic hydroxyl groups is 1. The molecule has 240 valence electrons. The Morgan fingerprint density at radius 2 is 1.84 bits per heavy atom. The zero-order chi connectivity index (χ0) is 31.5. The highest BCUT2D eigenvalue weighted by atomic mass is 79.9. The van der Waals surface area contributed by atoms with Gasteiger partial charge in [0.1, 0.15) is 5.75 Å². The maximum Gasteiger partial charge on any atom is 0.234 e. The van der Waals surface area contributed by atoms with Crippen LogP contribution in [-0.2, 0) is 25.6 Å². The molecule has 1 aliphatic carbocycles. The van der Waals surface area contributed by atoms with Crippen LogP contribution in [0.25, 0.3) is 6.08 Å². The molecule has 0 bridgehead atoms. The summed E-state index contributed by atoms with van der Waals surface area (Å²) in [7, 11) is 1.70. The van der Waals surface area contributed by atoms with E-state index in [4.69, 9.17) is 9.47 Å². The zero-order valence-electron chi connectivity index (χ0n) is 26.4. The van der Waals surface area contributed by atoms with Crippen LogP contribution in [0.3, 0.4) is 0 Å².